The molecule has 1 fully saturated rings. The topological polar surface area (TPSA) is 83.6 Å². The SMILES string of the molecule is CCC1(C(=O)O)CCN(c2cccc(Cl)c2C(N)=O)CC1. The van der Waals surface area contributed by atoms with Gasteiger partial charge in [0, 0.05) is 13.1 Å². The molecule has 0 spiro atoms. The smallest absolute Gasteiger partial charge is 0.309 e. The summed E-state index contributed by atoms with van der Waals surface area (Å²) in [4.78, 5) is 25.0. The molecule has 0 radical (unpaired) electrons. The number of carboxylic acids is 1. The molecule has 0 bridgehead atoms. The highest BCUT2D eigenvalue weighted by molar-refractivity contribution is 6.34. The van der Waals surface area contributed by atoms with Gasteiger partial charge in [-0.3, -0.25) is 9.59 Å². The summed E-state index contributed by atoms with van der Waals surface area (Å²) in [7, 11) is 0. The van der Waals surface area contributed by atoms with Gasteiger partial charge in [0.25, 0.3) is 5.91 Å². The second-order valence-corrected chi connectivity index (χ2v) is 5.83. The lowest BCUT2D eigenvalue weighted by atomic mass is 9.76. The Hall–Kier alpha value is -1.75. The minimum Gasteiger partial charge on any atom is -0.481 e. The molecule has 5 nitrogen and oxygen atoms in total. The Bertz CT molecular complexity index is 566. The number of piperidine rings is 1. The number of carboxylic acid groups (broad SMARTS) is 1. The van der Waals surface area contributed by atoms with E-state index in [4.69, 9.17) is 17.3 Å². The van der Waals surface area contributed by atoms with Crippen molar-refractivity contribution in [3.8, 4) is 0 Å². The van der Waals surface area contributed by atoms with E-state index in [0.29, 0.717) is 48.6 Å². The summed E-state index contributed by atoms with van der Waals surface area (Å²) in [6.07, 6.45) is 1.70. The number of carbonyl (C=O) groups excluding carboxylic acids is 1. The monoisotopic (exact) mass is 310 g/mol. The van der Waals surface area contributed by atoms with Crippen molar-refractivity contribution < 1.29 is 14.7 Å². The largest absolute Gasteiger partial charge is 0.481 e. The van der Waals surface area contributed by atoms with Gasteiger partial charge in [0.05, 0.1) is 21.7 Å². The van der Waals surface area contributed by atoms with E-state index in [1.54, 1.807) is 18.2 Å². The van der Waals surface area contributed by atoms with Gasteiger partial charge in [-0.25, -0.2) is 0 Å². The van der Waals surface area contributed by atoms with Gasteiger partial charge in [0.2, 0.25) is 0 Å². The molecule has 1 aliphatic rings. The average molecular weight is 311 g/mol. The molecule has 1 heterocycles. The maximum Gasteiger partial charge on any atom is 0.309 e. The van der Waals surface area contributed by atoms with Crippen LogP contribution in [0.5, 0.6) is 0 Å². The molecule has 1 aromatic carbocycles. The fraction of sp³-hybridized carbons (Fsp3) is 0.467. The number of carbonyl (C=O) groups is 2. The molecule has 1 saturated heterocycles. The number of aliphatic carboxylic acids is 1. The van der Waals surface area contributed by atoms with Crippen molar-refractivity contribution >= 4 is 29.2 Å². The Morgan fingerprint density at radius 2 is 2.00 bits per heavy atom. The van der Waals surface area contributed by atoms with Crippen LogP contribution in [0.3, 0.4) is 0 Å². The lowest BCUT2D eigenvalue weighted by Gasteiger charge is -2.40. The number of hydrogen-bond acceptors (Lipinski definition) is 3. The van der Waals surface area contributed by atoms with Gasteiger partial charge in [-0.1, -0.05) is 24.6 Å². The lowest BCUT2D eigenvalue weighted by Crippen LogP contribution is -2.44. The molecule has 0 aromatic heterocycles. The first-order valence-corrected chi connectivity index (χ1v) is 7.36. The van der Waals surface area contributed by atoms with Crippen LogP contribution in [0.25, 0.3) is 0 Å². The minimum absolute atomic E-state index is 0.304. The Labute approximate surface area is 128 Å². The van der Waals surface area contributed by atoms with Crippen molar-refractivity contribution in [3.63, 3.8) is 0 Å². The quantitative estimate of drug-likeness (QED) is 0.895. The van der Waals surface area contributed by atoms with Crippen LogP contribution in [0.15, 0.2) is 18.2 Å². The molecule has 0 atom stereocenters. The third kappa shape index (κ3) is 2.83. The number of nitrogens with zero attached hydrogens (tertiary/aromatic N) is 1. The maximum absolute atomic E-state index is 11.6. The average Bonchev–Trinajstić information content (AvgIpc) is 2.46. The van der Waals surface area contributed by atoms with E-state index in [2.05, 4.69) is 0 Å². The third-order valence-corrected chi connectivity index (χ3v) is 4.74. The number of halogens is 1. The molecule has 6 heteroatoms. The van der Waals surface area contributed by atoms with Crippen LogP contribution in [0.1, 0.15) is 36.5 Å². The van der Waals surface area contributed by atoms with E-state index in [-0.39, 0.29) is 0 Å². The van der Waals surface area contributed by atoms with Crippen LogP contribution in [0.4, 0.5) is 5.69 Å². The fourth-order valence-corrected chi connectivity index (χ4v) is 3.18. The van der Waals surface area contributed by atoms with E-state index in [1.165, 1.54) is 0 Å². The highest BCUT2D eigenvalue weighted by Gasteiger charge is 2.40. The van der Waals surface area contributed by atoms with Gasteiger partial charge in [-0.05, 0) is 31.4 Å². The predicted molar refractivity (Wildman–Crippen MR) is 81.8 cm³/mol. The highest BCUT2D eigenvalue weighted by atomic mass is 35.5. The zero-order valence-electron chi connectivity index (χ0n) is 11.9. The Kier molecular flexibility index (Phi) is 4.42. The molecular weight excluding hydrogens is 292 g/mol. The van der Waals surface area contributed by atoms with Crippen molar-refractivity contribution in [1.82, 2.24) is 0 Å². The summed E-state index contributed by atoms with van der Waals surface area (Å²) in [6.45, 7) is 3.04. The third-order valence-electron chi connectivity index (χ3n) is 4.43. The fourth-order valence-electron chi connectivity index (χ4n) is 2.91. The van der Waals surface area contributed by atoms with Gasteiger partial charge in [-0.2, -0.15) is 0 Å². The highest BCUT2D eigenvalue weighted by Crippen LogP contribution is 2.38. The van der Waals surface area contributed by atoms with Crippen LogP contribution in [-0.2, 0) is 4.79 Å². The molecule has 1 amide bonds. The molecule has 0 unspecified atom stereocenters. The molecule has 0 saturated carbocycles. The maximum atomic E-state index is 11.6. The van der Waals surface area contributed by atoms with Crippen LogP contribution in [0, 0.1) is 5.41 Å². The number of amides is 1. The van der Waals surface area contributed by atoms with Crippen molar-refractivity contribution in [1.29, 1.82) is 0 Å². The van der Waals surface area contributed by atoms with E-state index in [0.717, 1.165) is 0 Å². The molecule has 1 aliphatic heterocycles. The Morgan fingerprint density at radius 1 is 1.38 bits per heavy atom. The summed E-state index contributed by atoms with van der Waals surface area (Å²) in [5.74, 6) is -1.31. The van der Waals surface area contributed by atoms with Crippen molar-refractivity contribution in [2.45, 2.75) is 26.2 Å². The second kappa shape index (κ2) is 5.93. The number of anilines is 1. The summed E-state index contributed by atoms with van der Waals surface area (Å²) < 4.78 is 0. The van der Waals surface area contributed by atoms with E-state index >= 15 is 0 Å². The van der Waals surface area contributed by atoms with Crippen molar-refractivity contribution in [2.24, 2.45) is 11.1 Å². The molecular formula is C15H19ClN2O3. The summed E-state index contributed by atoms with van der Waals surface area (Å²) in [5.41, 5.74) is 5.73. The number of nitrogens with two attached hydrogens (primary N) is 1. The number of rotatable bonds is 4. The van der Waals surface area contributed by atoms with Gasteiger partial charge in [-0.15, -0.1) is 0 Å². The van der Waals surface area contributed by atoms with Crippen LogP contribution >= 0.6 is 11.6 Å². The molecule has 3 N–H and O–H groups in total. The van der Waals surface area contributed by atoms with Gasteiger partial charge in [0.1, 0.15) is 0 Å². The Balaban J connectivity index is 2.26. The van der Waals surface area contributed by atoms with Gasteiger partial charge in [0.15, 0.2) is 0 Å². The van der Waals surface area contributed by atoms with Crippen molar-refractivity contribution in [3.05, 3.63) is 28.8 Å². The Morgan fingerprint density at radius 3 is 2.48 bits per heavy atom. The first-order chi connectivity index (χ1) is 9.91. The van der Waals surface area contributed by atoms with Crippen LogP contribution < -0.4 is 10.6 Å². The first-order valence-electron chi connectivity index (χ1n) is 6.98. The number of hydrogen-bond donors (Lipinski definition) is 2. The number of benzene rings is 1. The van der Waals surface area contributed by atoms with Crippen molar-refractivity contribution in [2.75, 3.05) is 18.0 Å². The molecule has 2 rings (SSSR count). The van der Waals surface area contributed by atoms with Crippen LogP contribution in [-0.4, -0.2) is 30.1 Å². The zero-order valence-corrected chi connectivity index (χ0v) is 12.7. The first kappa shape index (κ1) is 15.6. The van der Waals surface area contributed by atoms with E-state index < -0.39 is 17.3 Å². The predicted octanol–water partition coefficient (Wildman–Crippen LogP) is 2.52. The summed E-state index contributed by atoms with van der Waals surface area (Å²) >= 11 is 6.06. The van der Waals surface area contributed by atoms with E-state index in [9.17, 15) is 14.7 Å². The zero-order chi connectivity index (χ0) is 15.6. The molecule has 114 valence electrons. The molecule has 1 aromatic rings. The minimum atomic E-state index is -0.745. The lowest BCUT2D eigenvalue weighted by molar-refractivity contribution is -0.150. The molecule has 0 aliphatic carbocycles. The summed E-state index contributed by atoms with van der Waals surface area (Å²) in [6, 6.07) is 5.19. The standard InChI is InChI=1S/C15H19ClN2O3/c1-2-15(14(20)21)6-8-18(9-7-15)11-5-3-4-10(16)12(11)13(17)19/h3-5H,2,6-9H2,1H3,(H2,17,19)(H,20,21). The summed E-state index contributed by atoms with van der Waals surface area (Å²) in [5, 5.41) is 9.74. The van der Waals surface area contributed by atoms with Gasteiger partial charge >= 0.3 is 5.97 Å². The number of primary amides is 1. The van der Waals surface area contributed by atoms with Gasteiger partial charge < -0.3 is 15.7 Å². The normalized spacial score (nSPS) is 17.5. The van der Waals surface area contributed by atoms with E-state index in [1.807, 2.05) is 11.8 Å². The molecule has 21 heavy (non-hydrogen) atoms. The van der Waals surface area contributed by atoms with Crippen LogP contribution in [0.2, 0.25) is 5.02 Å². The second-order valence-electron chi connectivity index (χ2n) is 5.42.